The minimum Gasteiger partial charge on any atom is -0.381 e. The number of alkyl halides is 3. The summed E-state index contributed by atoms with van der Waals surface area (Å²) in [6.45, 7) is 4.34. The van der Waals surface area contributed by atoms with Crippen molar-refractivity contribution in [2.24, 2.45) is 7.05 Å². The van der Waals surface area contributed by atoms with Crippen molar-refractivity contribution in [2.45, 2.75) is 63.2 Å². The number of imidazole rings is 1. The molecule has 1 fully saturated rings. The summed E-state index contributed by atoms with van der Waals surface area (Å²) < 4.78 is 48.5. The quantitative estimate of drug-likeness (QED) is 0.754. The molecule has 1 saturated heterocycles. The number of rotatable bonds is 4. The lowest BCUT2D eigenvalue weighted by Gasteiger charge is -2.38. The standard InChI is InChI=1S/C20H28F3N5O3/c1-12-10-27(11-14-9-24-18(28(12)14)19(2,30)20(21,22)23)17(29)16-8-15(25-26(16)3)13-4-6-31-7-5-13/h8-9,12-13,17,29-30H,4-7,10-11H2,1-3H3/t12-,17?,19?/m0/s1. The Labute approximate surface area is 178 Å². The predicted octanol–water partition coefficient (Wildman–Crippen LogP) is 2.35. The van der Waals surface area contributed by atoms with Crippen LogP contribution in [0.4, 0.5) is 13.2 Å². The third-order valence-corrected chi connectivity index (χ3v) is 6.35. The molecule has 2 aromatic rings. The first-order valence-corrected chi connectivity index (χ1v) is 10.4. The van der Waals surface area contributed by atoms with Crippen molar-refractivity contribution in [3.63, 3.8) is 0 Å². The van der Waals surface area contributed by atoms with Crippen LogP contribution in [0.3, 0.4) is 0 Å². The molecule has 2 unspecified atom stereocenters. The van der Waals surface area contributed by atoms with Crippen LogP contribution >= 0.6 is 0 Å². The average Bonchev–Trinajstić information content (AvgIpc) is 3.31. The Kier molecular flexibility index (Phi) is 5.65. The summed E-state index contributed by atoms with van der Waals surface area (Å²) in [5, 5.41) is 25.7. The van der Waals surface area contributed by atoms with Gasteiger partial charge in [-0.2, -0.15) is 18.3 Å². The molecular formula is C20H28F3N5O3. The number of hydrogen-bond acceptors (Lipinski definition) is 6. The van der Waals surface area contributed by atoms with Gasteiger partial charge in [-0.3, -0.25) is 9.58 Å². The van der Waals surface area contributed by atoms with E-state index in [4.69, 9.17) is 4.74 Å². The summed E-state index contributed by atoms with van der Waals surface area (Å²) in [4.78, 5) is 5.67. The van der Waals surface area contributed by atoms with E-state index in [1.807, 2.05) is 6.07 Å². The number of aryl methyl sites for hydroxylation is 1. The molecule has 0 amide bonds. The Bertz CT molecular complexity index is 933. The summed E-state index contributed by atoms with van der Waals surface area (Å²) in [5.74, 6) is -0.145. The van der Waals surface area contributed by atoms with Gasteiger partial charge in [0.15, 0.2) is 12.1 Å². The fraction of sp³-hybridized carbons (Fsp3) is 0.700. The molecule has 4 rings (SSSR count). The molecule has 2 aliphatic rings. The lowest BCUT2D eigenvalue weighted by Crippen LogP contribution is -2.45. The van der Waals surface area contributed by atoms with Gasteiger partial charge >= 0.3 is 6.18 Å². The molecule has 31 heavy (non-hydrogen) atoms. The molecule has 0 aromatic carbocycles. The van der Waals surface area contributed by atoms with E-state index < -0.39 is 29.9 Å². The molecular weight excluding hydrogens is 415 g/mol. The summed E-state index contributed by atoms with van der Waals surface area (Å²) in [6.07, 6.45) is -2.71. The van der Waals surface area contributed by atoms with Gasteiger partial charge in [-0.15, -0.1) is 0 Å². The van der Waals surface area contributed by atoms with Gasteiger partial charge in [0, 0.05) is 51.5 Å². The van der Waals surface area contributed by atoms with E-state index in [0.29, 0.717) is 38.1 Å². The van der Waals surface area contributed by atoms with Crippen molar-refractivity contribution < 1.29 is 28.1 Å². The van der Waals surface area contributed by atoms with Crippen LogP contribution in [0.25, 0.3) is 0 Å². The van der Waals surface area contributed by atoms with Gasteiger partial charge in [0.05, 0.1) is 17.1 Å². The van der Waals surface area contributed by atoms with Crippen LogP contribution in [0.5, 0.6) is 0 Å². The number of ether oxygens (including phenoxy) is 1. The number of fused-ring (bicyclic) bond motifs is 1. The Morgan fingerprint density at radius 3 is 2.58 bits per heavy atom. The molecule has 0 saturated carbocycles. The van der Waals surface area contributed by atoms with E-state index >= 15 is 0 Å². The monoisotopic (exact) mass is 443 g/mol. The first kappa shape index (κ1) is 22.3. The van der Waals surface area contributed by atoms with E-state index in [2.05, 4.69) is 10.1 Å². The third kappa shape index (κ3) is 3.88. The van der Waals surface area contributed by atoms with Crippen molar-refractivity contribution in [3.8, 4) is 0 Å². The zero-order valence-corrected chi connectivity index (χ0v) is 17.8. The summed E-state index contributed by atoms with van der Waals surface area (Å²) >= 11 is 0. The predicted molar refractivity (Wildman–Crippen MR) is 104 cm³/mol. The van der Waals surface area contributed by atoms with Crippen LogP contribution < -0.4 is 0 Å². The first-order chi connectivity index (χ1) is 14.5. The second-order valence-electron chi connectivity index (χ2n) is 8.67. The third-order valence-electron chi connectivity index (χ3n) is 6.35. The molecule has 8 nitrogen and oxygen atoms in total. The minimum atomic E-state index is -4.85. The largest absolute Gasteiger partial charge is 0.424 e. The second-order valence-corrected chi connectivity index (χ2v) is 8.67. The fourth-order valence-corrected chi connectivity index (χ4v) is 4.50. The number of hydrogen-bond donors (Lipinski definition) is 2. The van der Waals surface area contributed by atoms with Gasteiger partial charge in [0.2, 0.25) is 5.60 Å². The topological polar surface area (TPSA) is 88.6 Å². The van der Waals surface area contributed by atoms with Gasteiger partial charge in [-0.25, -0.2) is 4.98 Å². The van der Waals surface area contributed by atoms with Crippen LogP contribution in [-0.2, 0) is 23.9 Å². The van der Waals surface area contributed by atoms with E-state index in [1.54, 1.807) is 23.6 Å². The van der Waals surface area contributed by atoms with Gasteiger partial charge in [0.1, 0.15) is 0 Å². The lowest BCUT2D eigenvalue weighted by molar-refractivity contribution is -0.263. The van der Waals surface area contributed by atoms with Gasteiger partial charge in [0.25, 0.3) is 0 Å². The maximum Gasteiger partial charge on any atom is 0.424 e. The number of halogens is 3. The van der Waals surface area contributed by atoms with Crippen molar-refractivity contribution in [2.75, 3.05) is 19.8 Å². The number of aromatic nitrogens is 4. The molecule has 4 heterocycles. The highest BCUT2D eigenvalue weighted by molar-refractivity contribution is 5.20. The Hall–Kier alpha value is -1.95. The molecule has 0 bridgehead atoms. The summed E-state index contributed by atoms with van der Waals surface area (Å²) in [7, 11) is 1.78. The van der Waals surface area contributed by atoms with E-state index in [-0.39, 0.29) is 12.5 Å². The Balaban J connectivity index is 1.57. The Morgan fingerprint density at radius 2 is 1.94 bits per heavy atom. The van der Waals surface area contributed by atoms with Crippen molar-refractivity contribution in [1.82, 2.24) is 24.2 Å². The number of aliphatic hydroxyl groups excluding tert-OH is 1. The summed E-state index contributed by atoms with van der Waals surface area (Å²) in [6, 6.07) is 1.48. The molecule has 0 radical (unpaired) electrons. The number of aliphatic hydroxyl groups is 2. The average molecular weight is 443 g/mol. The molecule has 2 N–H and O–H groups in total. The molecule has 2 aliphatic heterocycles. The van der Waals surface area contributed by atoms with E-state index in [1.165, 1.54) is 10.8 Å². The van der Waals surface area contributed by atoms with E-state index in [9.17, 15) is 23.4 Å². The van der Waals surface area contributed by atoms with Gasteiger partial charge < -0.3 is 19.5 Å². The molecule has 2 aromatic heterocycles. The molecule has 3 atom stereocenters. The van der Waals surface area contributed by atoms with Crippen molar-refractivity contribution in [3.05, 3.63) is 35.2 Å². The van der Waals surface area contributed by atoms with Gasteiger partial charge in [-0.05, 0) is 32.8 Å². The van der Waals surface area contributed by atoms with Crippen molar-refractivity contribution >= 4 is 0 Å². The molecule has 0 aliphatic carbocycles. The molecule has 11 heteroatoms. The zero-order valence-electron chi connectivity index (χ0n) is 17.8. The second kappa shape index (κ2) is 7.88. The van der Waals surface area contributed by atoms with E-state index in [0.717, 1.165) is 18.5 Å². The smallest absolute Gasteiger partial charge is 0.381 e. The minimum absolute atomic E-state index is 0.199. The number of nitrogens with zero attached hydrogens (tertiary/aromatic N) is 5. The molecule has 0 spiro atoms. The van der Waals surface area contributed by atoms with Crippen LogP contribution in [0.2, 0.25) is 0 Å². The SMILES string of the molecule is C[C@H]1CN(C(O)c2cc(C3CCOCC3)nn2C)Cc2cnc(C(C)(O)C(F)(F)F)n21. The first-order valence-electron chi connectivity index (χ1n) is 10.4. The van der Waals surface area contributed by atoms with Gasteiger partial charge in [-0.1, -0.05) is 0 Å². The highest BCUT2D eigenvalue weighted by atomic mass is 19.4. The summed E-state index contributed by atoms with van der Waals surface area (Å²) in [5.41, 5.74) is -1.01. The zero-order chi connectivity index (χ0) is 22.6. The fourth-order valence-electron chi connectivity index (χ4n) is 4.50. The normalized spacial score (nSPS) is 24.1. The highest BCUT2D eigenvalue weighted by Crippen LogP contribution is 2.40. The lowest BCUT2D eigenvalue weighted by atomic mass is 9.96. The van der Waals surface area contributed by atoms with Crippen molar-refractivity contribution in [1.29, 1.82) is 0 Å². The van der Waals surface area contributed by atoms with Crippen LogP contribution in [0.15, 0.2) is 12.3 Å². The molecule has 172 valence electrons. The van der Waals surface area contributed by atoms with Crippen LogP contribution in [0.1, 0.15) is 67.8 Å². The Morgan fingerprint density at radius 1 is 1.26 bits per heavy atom. The maximum absolute atomic E-state index is 13.3. The maximum atomic E-state index is 13.3. The highest BCUT2D eigenvalue weighted by Gasteiger charge is 2.55. The van der Waals surface area contributed by atoms with Crippen LogP contribution in [-0.4, -0.2) is 60.4 Å². The van der Waals surface area contributed by atoms with Crippen LogP contribution in [0, 0.1) is 0 Å².